The van der Waals surface area contributed by atoms with E-state index in [1.165, 1.54) is 4.90 Å². The van der Waals surface area contributed by atoms with E-state index in [1.807, 2.05) is 42.5 Å². The Morgan fingerprint density at radius 3 is 2.45 bits per heavy atom. The number of hydrogen-bond acceptors (Lipinski definition) is 3. The van der Waals surface area contributed by atoms with Crippen molar-refractivity contribution in [2.45, 2.75) is 38.4 Å². The lowest BCUT2D eigenvalue weighted by Gasteiger charge is -2.32. The molecule has 31 heavy (non-hydrogen) atoms. The SMILES string of the molecule is FC(F)(F)CN1CCC(CCNC(=NCc2ccccc2)NCCc2ccco2)CC1. The van der Waals surface area contributed by atoms with Gasteiger partial charge in [-0.25, -0.2) is 4.99 Å². The van der Waals surface area contributed by atoms with Gasteiger partial charge in [0.05, 0.1) is 19.4 Å². The zero-order valence-corrected chi connectivity index (χ0v) is 17.7. The summed E-state index contributed by atoms with van der Waals surface area (Å²) in [5.74, 6) is 2.10. The molecule has 3 rings (SSSR count). The number of guanidine groups is 1. The second kappa shape index (κ2) is 11.8. The Morgan fingerprint density at radius 1 is 1.03 bits per heavy atom. The average Bonchev–Trinajstić information content (AvgIpc) is 3.26. The summed E-state index contributed by atoms with van der Waals surface area (Å²) in [5, 5.41) is 6.73. The summed E-state index contributed by atoms with van der Waals surface area (Å²) in [5.41, 5.74) is 1.13. The second-order valence-corrected chi connectivity index (χ2v) is 7.96. The normalized spacial score (nSPS) is 16.4. The van der Waals surface area contributed by atoms with E-state index in [0.717, 1.165) is 49.5 Å². The van der Waals surface area contributed by atoms with Crippen LogP contribution in [-0.4, -0.2) is 49.8 Å². The molecule has 0 spiro atoms. The van der Waals surface area contributed by atoms with Crippen molar-refractivity contribution in [1.82, 2.24) is 15.5 Å². The van der Waals surface area contributed by atoms with Crippen molar-refractivity contribution in [2.75, 3.05) is 32.7 Å². The van der Waals surface area contributed by atoms with Crippen molar-refractivity contribution in [2.24, 2.45) is 10.9 Å². The van der Waals surface area contributed by atoms with Gasteiger partial charge in [-0.05, 0) is 56.0 Å². The number of alkyl halides is 3. The van der Waals surface area contributed by atoms with E-state index < -0.39 is 12.7 Å². The fourth-order valence-corrected chi connectivity index (χ4v) is 3.77. The maximum atomic E-state index is 12.5. The summed E-state index contributed by atoms with van der Waals surface area (Å²) in [6.45, 7) is 2.25. The third-order valence-corrected chi connectivity index (χ3v) is 5.46. The van der Waals surface area contributed by atoms with Gasteiger partial charge in [0.15, 0.2) is 5.96 Å². The highest BCUT2D eigenvalue weighted by Crippen LogP contribution is 2.23. The first-order valence-electron chi connectivity index (χ1n) is 10.9. The van der Waals surface area contributed by atoms with Crippen LogP contribution in [0.4, 0.5) is 13.2 Å². The Balaban J connectivity index is 1.43. The van der Waals surface area contributed by atoms with E-state index in [1.54, 1.807) is 6.26 Å². The summed E-state index contributed by atoms with van der Waals surface area (Å²) in [6, 6.07) is 13.9. The van der Waals surface area contributed by atoms with Crippen molar-refractivity contribution in [3.8, 4) is 0 Å². The highest BCUT2D eigenvalue weighted by molar-refractivity contribution is 5.79. The summed E-state index contributed by atoms with van der Waals surface area (Å²) < 4.78 is 43.0. The van der Waals surface area contributed by atoms with E-state index in [4.69, 9.17) is 4.42 Å². The fraction of sp³-hybridized carbons (Fsp3) is 0.522. The van der Waals surface area contributed by atoms with Crippen LogP contribution in [0.25, 0.3) is 0 Å². The molecule has 1 saturated heterocycles. The number of halogens is 3. The zero-order valence-electron chi connectivity index (χ0n) is 17.7. The number of benzene rings is 1. The molecule has 2 aromatic rings. The molecular weight excluding hydrogens is 405 g/mol. The lowest BCUT2D eigenvalue weighted by atomic mass is 9.93. The highest BCUT2D eigenvalue weighted by Gasteiger charge is 2.32. The highest BCUT2D eigenvalue weighted by atomic mass is 19.4. The number of aliphatic imine (C=N–C) groups is 1. The van der Waals surface area contributed by atoms with Gasteiger partial charge in [-0.2, -0.15) is 13.2 Å². The maximum absolute atomic E-state index is 12.5. The van der Waals surface area contributed by atoms with Crippen LogP contribution < -0.4 is 10.6 Å². The Bertz CT molecular complexity index is 770. The predicted molar refractivity (Wildman–Crippen MR) is 116 cm³/mol. The number of nitrogens with zero attached hydrogens (tertiary/aromatic N) is 2. The van der Waals surface area contributed by atoms with Gasteiger partial charge in [-0.1, -0.05) is 30.3 Å². The van der Waals surface area contributed by atoms with Gasteiger partial charge >= 0.3 is 6.18 Å². The number of hydrogen-bond donors (Lipinski definition) is 2. The number of nitrogens with one attached hydrogen (secondary N) is 2. The van der Waals surface area contributed by atoms with Crippen LogP contribution in [0, 0.1) is 5.92 Å². The zero-order chi connectivity index (χ0) is 21.9. The smallest absolute Gasteiger partial charge is 0.401 e. The molecule has 8 heteroatoms. The van der Waals surface area contributed by atoms with Crippen LogP contribution >= 0.6 is 0 Å². The lowest BCUT2D eigenvalue weighted by molar-refractivity contribution is -0.148. The van der Waals surface area contributed by atoms with Crippen LogP contribution in [0.5, 0.6) is 0 Å². The Hall–Kier alpha value is -2.48. The first-order chi connectivity index (χ1) is 15.0. The monoisotopic (exact) mass is 436 g/mol. The molecule has 2 N–H and O–H groups in total. The van der Waals surface area contributed by atoms with E-state index in [2.05, 4.69) is 15.6 Å². The minimum absolute atomic E-state index is 0.440. The molecule has 0 amide bonds. The molecule has 0 bridgehead atoms. The third-order valence-electron chi connectivity index (χ3n) is 5.46. The van der Waals surface area contributed by atoms with E-state index in [9.17, 15) is 13.2 Å². The largest absolute Gasteiger partial charge is 0.469 e. The second-order valence-electron chi connectivity index (χ2n) is 7.96. The van der Waals surface area contributed by atoms with Crippen molar-refractivity contribution >= 4 is 5.96 Å². The Kier molecular flexibility index (Phi) is 8.82. The van der Waals surface area contributed by atoms with Gasteiger partial charge in [0.25, 0.3) is 0 Å². The molecule has 1 aromatic heterocycles. The van der Waals surface area contributed by atoms with Crippen LogP contribution in [0.3, 0.4) is 0 Å². The quantitative estimate of drug-likeness (QED) is 0.457. The molecule has 5 nitrogen and oxygen atoms in total. The molecule has 0 atom stereocenters. The van der Waals surface area contributed by atoms with E-state index >= 15 is 0 Å². The lowest BCUT2D eigenvalue weighted by Crippen LogP contribution is -2.42. The van der Waals surface area contributed by atoms with E-state index in [-0.39, 0.29) is 0 Å². The van der Waals surface area contributed by atoms with Crippen LogP contribution in [0.1, 0.15) is 30.6 Å². The molecule has 1 aliphatic rings. The minimum atomic E-state index is -4.11. The predicted octanol–water partition coefficient (Wildman–Crippen LogP) is 4.22. The van der Waals surface area contributed by atoms with Crippen molar-refractivity contribution in [1.29, 1.82) is 0 Å². The molecular formula is C23H31F3N4O. The summed E-state index contributed by atoms with van der Waals surface area (Å²) in [4.78, 5) is 6.19. The Labute approximate surface area is 181 Å². The minimum Gasteiger partial charge on any atom is -0.469 e. The molecule has 0 saturated carbocycles. The molecule has 1 aliphatic heterocycles. The van der Waals surface area contributed by atoms with E-state index in [0.29, 0.717) is 32.1 Å². The molecule has 2 heterocycles. The Morgan fingerprint density at radius 2 is 1.77 bits per heavy atom. The molecule has 170 valence electrons. The number of piperidine rings is 1. The first kappa shape index (κ1) is 23.2. The molecule has 0 unspecified atom stereocenters. The molecule has 1 fully saturated rings. The summed E-state index contributed by atoms with van der Waals surface area (Å²) in [6.07, 6.45) is 0.846. The van der Waals surface area contributed by atoms with Gasteiger partial charge in [0, 0.05) is 19.5 Å². The molecule has 1 aromatic carbocycles. The number of rotatable bonds is 9. The van der Waals surface area contributed by atoms with Gasteiger partial charge < -0.3 is 15.1 Å². The number of likely N-dealkylation sites (tertiary alicyclic amines) is 1. The fourth-order valence-electron chi connectivity index (χ4n) is 3.77. The average molecular weight is 437 g/mol. The van der Waals surface area contributed by atoms with Gasteiger partial charge in [0.2, 0.25) is 0 Å². The third kappa shape index (κ3) is 9.04. The van der Waals surface area contributed by atoms with Gasteiger partial charge in [-0.15, -0.1) is 0 Å². The summed E-state index contributed by atoms with van der Waals surface area (Å²) in [7, 11) is 0. The molecule has 0 radical (unpaired) electrons. The van der Waals surface area contributed by atoms with Crippen molar-refractivity contribution in [3.63, 3.8) is 0 Å². The first-order valence-corrected chi connectivity index (χ1v) is 10.9. The van der Waals surface area contributed by atoms with Crippen molar-refractivity contribution < 1.29 is 17.6 Å². The van der Waals surface area contributed by atoms with Crippen LogP contribution in [-0.2, 0) is 13.0 Å². The number of furan rings is 1. The van der Waals surface area contributed by atoms with Crippen LogP contribution in [0.2, 0.25) is 0 Å². The van der Waals surface area contributed by atoms with Crippen molar-refractivity contribution in [3.05, 3.63) is 60.1 Å². The molecule has 0 aliphatic carbocycles. The van der Waals surface area contributed by atoms with Crippen LogP contribution in [0.15, 0.2) is 58.1 Å². The van der Waals surface area contributed by atoms with Gasteiger partial charge in [-0.3, -0.25) is 4.90 Å². The maximum Gasteiger partial charge on any atom is 0.401 e. The standard InChI is InChI=1S/C23H31F3N4O/c24-23(25,26)18-30-14-10-19(11-15-30)8-12-27-22(28-13-9-21-7-4-16-31-21)29-17-20-5-2-1-3-6-20/h1-7,16,19H,8-15,17-18H2,(H2,27,28,29). The summed E-state index contributed by atoms with van der Waals surface area (Å²) >= 11 is 0. The topological polar surface area (TPSA) is 52.8 Å². The van der Waals surface area contributed by atoms with Gasteiger partial charge in [0.1, 0.15) is 5.76 Å².